The Hall–Kier alpha value is -4.21. The minimum atomic E-state index is -0.695. The third-order valence-corrected chi connectivity index (χ3v) is 8.00. The largest absolute Gasteiger partial charge is 0.493 e. The van der Waals surface area contributed by atoms with Gasteiger partial charge in [0.1, 0.15) is 12.4 Å². The van der Waals surface area contributed by atoms with Crippen molar-refractivity contribution in [3.05, 3.63) is 125 Å². The van der Waals surface area contributed by atoms with Gasteiger partial charge in [0.15, 0.2) is 16.3 Å². The Morgan fingerprint density at radius 3 is 2.60 bits per heavy atom. The lowest BCUT2D eigenvalue weighted by atomic mass is 9.95. The minimum absolute atomic E-state index is 0.0902. The van der Waals surface area contributed by atoms with Gasteiger partial charge >= 0.3 is 5.97 Å². The Labute approximate surface area is 250 Å². The van der Waals surface area contributed by atoms with Gasteiger partial charge in [-0.05, 0) is 67.8 Å². The van der Waals surface area contributed by atoms with Crippen molar-refractivity contribution in [3.8, 4) is 11.5 Å². The van der Waals surface area contributed by atoms with Gasteiger partial charge in [-0.3, -0.25) is 9.36 Å². The van der Waals surface area contributed by atoms with Crippen LogP contribution in [0, 0.1) is 12.7 Å². The van der Waals surface area contributed by atoms with Gasteiger partial charge in [-0.1, -0.05) is 64.9 Å². The smallest absolute Gasteiger partial charge is 0.338 e. The van der Waals surface area contributed by atoms with E-state index in [1.54, 1.807) is 44.2 Å². The van der Waals surface area contributed by atoms with Gasteiger partial charge in [0.05, 0.1) is 40.6 Å². The fraction of sp³-hybridized carbons (Fsp3) is 0.219. The van der Waals surface area contributed by atoms with E-state index in [-0.39, 0.29) is 29.6 Å². The van der Waals surface area contributed by atoms with Crippen LogP contribution in [0.1, 0.15) is 42.1 Å². The summed E-state index contributed by atoms with van der Waals surface area (Å²) in [7, 11) is 1.49. The van der Waals surface area contributed by atoms with Crippen LogP contribution in [0.4, 0.5) is 4.39 Å². The molecule has 2 heterocycles. The highest BCUT2D eigenvalue weighted by Crippen LogP contribution is 2.37. The molecule has 7 nitrogen and oxygen atoms in total. The molecule has 5 rings (SSSR count). The first-order valence-electron chi connectivity index (χ1n) is 13.2. The van der Waals surface area contributed by atoms with Crippen molar-refractivity contribution >= 4 is 35.0 Å². The summed E-state index contributed by atoms with van der Waals surface area (Å²) in [5.74, 6) is -0.212. The summed E-state index contributed by atoms with van der Waals surface area (Å²) in [6, 6.07) is 16.5. The number of carbonyl (C=O) groups excluding carboxylic acids is 1. The second-order valence-electron chi connectivity index (χ2n) is 9.67. The van der Waals surface area contributed by atoms with Gasteiger partial charge in [-0.15, -0.1) is 0 Å². The van der Waals surface area contributed by atoms with E-state index in [0.717, 1.165) is 11.1 Å². The number of allylic oxidation sites excluding steroid dienone is 1. The van der Waals surface area contributed by atoms with E-state index in [2.05, 4.69) is 4.99 Å². The molecule has 216 valence electrons. The van der Waals surface area contributed by atoms with E-state index in [9.17, 15) is 14.0 Å². The maximum atomic E-state index is 13.9. The standard InChI is InChI=1S/C32H28ClFN2O5S/c1-5-40-31(38)27-19(3)35-32-36(28(27)22-11-9-18(2)10-12-22)30(37)26(42-32)16-21-14-24(33)29(25(15-21)39-4)41-17-20-7-6-8-23(34)13-20/h6-16,28H,5,17H2,1-4H3/b26-16+/t28-/m1/s1. The SMILES string of the molecule is CCOC(=O)C1=C(C)N=c2s/c(=C/c3cc(Cl)c(OCc4cccc(F)c4)c(OC)c3)c(=O)n2[C@@H]1c1ccc(C)cc1. The lowest BCUT2D eigenvalue weighted by molar-refractivity contribution is -0.139. The lowest BCUT2D eigenvalue weighted by Crippen LogP contribution is -2.39. The average Bonchev–Trinajstić information content (AvgIpc) is 3.26. The van der Waals surface area contributed by atoms with Crippen LogP contribution in [-0.2, 0) is 16.1 Å². The number of aromatic nitrogens is 1. The Kier molecular flexibility index (Phi) is 8.61. The molecule has 42 heavy (non-hydrogen) atoms. The normalized spacial score (nSPS) is 14.8. The van der Waals surface area contributed by atoms with E-state index in [4.69, 9.17) is 25.8 Å². The molecule has 4 aromatic rings. The zero-order valence-electron chi connectivity index (χ0n) is 23.4. The number of rotatable bonds is 8. The molecule has 0 saturated heterocycles. The van der Waals surface area contributed by atoms with E-state index in [1.807, 2.05) is 31.2 Å². The molecule has 10 heteroatoms. The number of fused-ring (bicyclic) bond motifs is 1. The van der Waals surface area contributed by atoms with Gasteiger partial charge in [0.25, 0.3) is 5.56 Å². The van der Waals surface area contributed by atoms with Gasteiger partial charge in [0, 0.05) is 0 Å². The van der Waals surface area contributed by atoms with Crippen molar-refractivity contribution in [1.29, 1.82) is 0 Å². The van der Waals surface area contributed by atoms with E-state index in [0.29, 0.717) is 43.2 Å². The van der Waals surface area contributed by atoms with E-state index >= 15 is 0 Å². The topological polar surface area (TPSA) is 79.1 Å². The van der Waals surface area contributed by atoms with Gasteiger partial charge in [-0.2, -0.15) is 0 Å². The number of aryl methyl sites for hydroxylation is 1. The fourth-order valence-electron chi connectivity index (χ4n) is 4.75. The molecule has 3 aromatic carbocycles. The van der Waals surface area contributed by atoms with Gasteiger partial charge < -0.3 is 14.2 Å². The maximum absolute atomic E-state index is 13.9. The number of hydrogen-bond acceptors (Lipinski definition) is 7. The zero-order chi connectivity index (χ0) is 30.0. The summed E-state index contributed by atoms with van der Waals surface area (Å²) in [4.78, 5) is 32.0. The highest BCUT2D eigenvalue weighted by atomic mass is 35.5. The van der Waals surface area contributed by atoms with Gasteiger partial charge in [0.2, 0.25) is 0 Å². The molecule has 0 radical (unpaired) electrons. The van der Waals surface area contributed by atoms with Crippen LogP contribution in [0.25, 0.3) is 6.08 Å². The minimum Gasteiger partial charge on any atom is -0.493 e. The number of halogens is 2. The number of hydrogen-bond donors (Lipinski definition) is 0. The molecule has 0 amide bonds. The zero-order valence-corrected chi connectivity index (χ0v) is 25.0. The van der Waals surface area contributed by atoms with Crippen LogP contribution < -0.4 is 24.4 Å². The van der Waals surface area contributed by atoms with Crippen molar-refractivity contribution in [1.82, 2.24) is 4.57 Å². The summed E-state index contributed by atoms with van der Waals surface area (Å²) < 4.78 is 32.3. The number of thiazole rings is 1. The molecule has 0 fully saturated rings. The third kappa shape index (κ3) is 5.89. The van der Waals surface area contributed by atoms with Crippen molar-refractivity contribution in [2.45, 2.75) is 33.4 Å². The molecule has 0 aliphatic carbocycles. The third-order valence-electron chi connectivity index (χ3n) is 6.73. The van der Waals surface area contributed by atoms with Crippen LogP contribution in [0.2, 0.25) is 5.02 Å². The lowest BCUT2D eigenvalue weighted by Gasteiger charge is -2.24. The quantitative estimate of drug-likeness (QED) is 0.248. The number of nitrogens with zero attached hydrogens (tertiary/aromatic N) is 2. The number of benzene rings is 3. The molecule has 0 saturated carbocycles. The molecule has 0 spiro atoms. The average molecular weight is 607 g/mol. The summed E-state index contributed by atoms with van der Waals surface area (Å²) in [5.41, 5.74) is 3.59. The number of esters is 1. The highest BCUT2D eigenvalue weighted by Gasteiger charge is 2.33. The summed E-state index contributed by atoms with van der Waals surface area (Å²) in [6.07, 6.45) is 1.70. The number of carbonyl (C=O) groups is 1. The molecule has 1 aromatic heterocycles. The first kappa shape index (κ1) is 29.3. The fourth-order valence-corrected chi connectivity index (χ4v) is 6.07. The number of ether oxygens (including phenoxy) is 3. The van der Waals surface area contributed by atoms with Crippen molar-refractivity contribution in [2.24, 2.45) is 4.99 Å². The first-order chi connectivity index (χ1) is 20.2. The molecular weight excluding hydrogens is 579 g/mol. The summed E-state index contributed by atoms with van der Waals surface area (Å²) in [5, 5.41) is 0.266. The predicted octanol–water partition coefficient (Wildman–Crippen LogP) is 5.49. The van der Waals surface area contributed by atoms with Crippen LogP contribution >= 0.6 is 22.9 Å². The Bertz CT molecular complexity index is 1880. The molecule has 1 aliphatic rings. The van der Waals surface area contributed by atoms with E-state index in [1.165, 1.54) is 35.1 Å². The number of methoxy groups -OCH3 is 1. The Balaban J connectivity index is 1.57. The second-order valence-corrected chi connectivity index (χ2v) is 11.1. The second kappa shape index (κ2) is 12.3. The van der Waals surface area contributed by atoms with Crippen molar-refractivity contribution in [2.75, 3.05) is 13.7 Å². The predicted molar refractivity (Wildman–Crippen MR) is 160 cm³/mol. The molecule has 0 N–H and O–H groups in total. The first-order valence-corrected chi connectivity index (χ1v) is 14.4. The summed E-state index contributed by atoms with van der Waals surface area (Å²) in [6.45, 7) is 5.75. The van der Waals surface area contributed by atoms with Crippen LogP contribution in [0.15, 0.2) is 81.7 Å². The molecule has 1 atom stereocenters. The molecule has 0 bridgehead atoms. The van der Waals surface area contributed by atoms with Crippen molar-refractivity contribution < 1.29 is 23.4 Å². The van der Waals surface area contributed by atoms with Gasteiger partial charge in [-0.25, -0.2) is 14.2 Å². The van der Waals surface area contributed by atoms with E-state index < -0.39 is 12.0 Å². The van der Waals surface area contributed by atoms with Crippen LogP contribution in [-0.4, -0.2) is 24.3 Å². The van der Waals surface area contributed by atoms with Crippen molar-refractivity contribution in [3.63, 3.8) is 0 Å². The summed E-state index contributed by atoms with van der Waals surface area (Å²) >= 11 is 7.79. The highest BCUT2D eigenvalue weighted by molar-refractivity contribution is 7.07. The van der Waals surface area contributed by atoms with Crippen LogP contribution in [0.5, 0.6) is 11.5 Å². The maximum Gasteiger partial charge on any atom is 0.338 e. The monoisotopic (exact) mass is 606 g/mol. The molecular formula is C32H28ClFN2O5S. The Morgan fingerprint density at radius 2 is 1.90 bits per heavy atom. The van der Waals surface area contributed by atoms with Crippen LogP contribution in [0.3, 0.4) is 0 Å². The molecule has 1 aliphatic heterocycles. The molecule has 0 unspecified atom stereocenters. The Morgan fingerprint density at radius 1 is 1.14 bits per heavy atom.